The zero-order valence-electron chi connectivity index (χ0n) is 9.65. The first-order chi connectivity index (χ1) is 9.13. The van der Waals surface area contributed by atoms with E-state index >= 15 is 0 Å². The third kappa shape index (κ3) is 2.08. The van der Waals surface area contributed by atoms with Crippen molar-refractivity contribution in [2.45, 2.75) is 0 Å². The van der Waals surface area contributed by atoms with E-state index in [2.05, 4.69) is 10.3 Å². The van der Waals surface area contributed by atoms with E-state index in [-0.39, 0.29) is 11.7 Å². The van der Waals surface area contributed by atoms with Crippen LogP contribution in [-0.2, 0) is 0 Å². The lowest BCUT2D eigenvalue weighted by molar-refractivity contribution is 0.581. The molecule has 1 aromatic heterocycles. The van der Waals surface area contributed by atoms with Crippen molar-refractivity contribution in [1.82, 2.24) is 4.98 Å². The molecule has 0 spiro atoms. The molecule has 0 saturated heterocycles. The molecule has 0 aliphatic heterocycles. The Balaban J connectivity index is 2.01. The topological polar surface area (TPSA) is 64.1 Å². The van der Waals surface area contributed by atoms with Gasteiger partial charge >= 0.3 is 0 Å². The number of nitrogens with one attached hydrogen (secondary N) is 1. The molecule has 6 heteroatoms. The molecule has 3 rings (SSSR count). The summed E-state index contributed by atoms with van der Waals surface area (Å²) in [7, 11) is 0. The first kappa shape index (κ1) is 11.5. The Morgan fingerprint density at radius 1 is 1.11 bits per heavy atom. The van der Waals surface area contributed by atoms with Gasteiger partial charge in [0.1, 0.15) is 22.8 Å². The van der Waals surface area contributed by atoms with Crippen LogP contribution < -0.4 is 11.1 Å². The van der Waals surface area contributed by atoms with Crippen molar-refractivity contribution in [2.75, 3.05) is 11.1 Å². The van der Waals surface area contributed by atoms with Crippen molar-refractivity contribution < 1.29 is 13.2 Å². The molecule has 0 bridgehead atoms. The predicted octanol–water partition coefficient (Wildman–Crippen LogP) is 3.43. The van der Waals surface area contributed by atoms with Gasteiger partial charge in [-0.15, -0.1) is 0 Å². The number of rotatable bonds is 2. The first-order valence-corrected chi connectivity index (χ1v) is 5.50. The summed E-state index contributed by atoms with van der Waals surface area (Å²) in [4.78, 5) is 4.06. The Hall–Kier alpha value is -2.63. The molecular formula is C13H9F2N3O. The number of nitrogens with zero attached hydrogens (tertiary/aromatic N) is 1. The summed E-state index contributed by atoms with van der Waals surface area (Å²) >= 11 is 0. The molecule has 0 unspecified atom stereocenters. The molecule has 0 atom stereocenters. The number of nitrogen functional groups attached to an aromatic ring is 1. The van der Waals surface area contributed by atoms with Crippen LogP contribution in [0.3, 0.4) is 0 Å². The van der Waals surface area contributed by atoms with E-state index in [1.165, 1.54) is 6.07 Å². The first-order valence-electron chi connectivity index (χ1n) is 5.50. The molecule has 0 amide bonds. The van der Waals surface area contributed by atoms with E-state index in [1.54, 1.807) is 18.2 Å². The summed E-state index contributed by atoms with van der Waals surface area (Å²) in [5.74, 6) is -1.44. The molecule has 0 aliphatic carbocycles. The fraction of sp³-hybridized carbons (Fsp3) is 0. The summed E-state index contributed by atoms with van der Waals surface area (Å²) in [5.41, 5.74) is 6.83. The van der Waals surface area contributed by atoms with Crippen LogP contribution in [0.5, 0.6) is 0 Å². The van der Waals surface area contributed by atoms with Crippen LogP contribution in [0.15, 0.2) is 40.8 Å². The highest BCUT2D eigenvalue weighted by atomic mass is 19.1. The molecule has 2 aromatic carbocycles. The SMILES string of the molecule is Nc1ccc2oc(Nc3c(F)cccc3F)nc2c1. The van der Waals surface area contributed by atoms with Gasteiger partial charge in [-0.2, -0.15) is 4.98 Å². The fourth-order valence-corrected chi connectivity index (χ4v) is 1.72. The largest absolute Gasteiger partial charge is 0.423 e. The zero-order chi connectivity index (χ0) is 13.4. The van der Waals surface area contributed by atoms with Gasteiger partial charge in [0.2, 0.25) is 0 Å². The van der Waals surface area contributed by atoms with E-state index < -0.39 is 11.6 Å². The maximum absolute atomic E-state index is 13.5. The van der Waals surface area contributed by atoms with Crippen LogP contribution in [0, 0.1) is 11.6 Å². The minimum atomic E-state index is -0.721. The van der Waals surface area contributed by atoms with Crippen molar-refractivity contribution in [3.8, 4) is 0 Å². The second-order valence-electron chi connectivity index (χ2n) is 3.97. The number of halogens is 2. The molecule has 19 heavy (non-hydrogen) atoms. The van der Waals surface area contributed by atoms with Crippen molar-refractivity contribution in [3.63, 3.8) is 0 Å². The molecule has 4 nitrogen and oxygen atoms in total. The summed E-state index contributed by atoms with van der Waals surface area (Å²) in [6.45, 7) is 0. The van der Waals surface area contributed by atoms with Crippen LogP contribution in [0.25, 0.3) is 11.1 Å². The molecule has 1 heterocycles. The van der Waals surface area contributed by atoms with Gasteiger partial charge in [0.25, 0.3) is 6.01 Å². The fourth-order valence-electron chi connectivity index (χ4n) is 1.72. The average Bonchev–Trinajstić information content (AvgIpc) is 2.75. The lowest BCUT2D eigenvalue weighted by Crippen LogP contribution is -1.97. The lowest BCUT2D eigenvalue weighted by atomic mass is 10.3. The smallest absolute Gasteiger partial charge is 0.300 e. The number of anilines is 3. The highest BCUT2D eigenvalue weighted by Gasteiger charge is 2.12. The molecule has 96 valence electrons. The van der Waals surface area contributed by atoms with Crippen LogP contribution >= 0.6 is 0 Å². The molecule has 3 aromatic rings. The molecule has 3 N–H and O–H groups in total. The number of aromatic nitrogens is 1. The Bertz CT molecular complexity index is 734. The quantitative estimate of drug-likeness (QED) is 0.694. The van der Waals surface area contributed by atoms with Crippen LogP contribution in [0.2, 0.25) is 0 Å². The zero-order valence-corrected chi connectivity index (χ0v) is 9.65. The Morgan fingerprint density at radius 2 is 1.84 bits per heavy atom. The highest BCUT2D eigenvalue weighted by Crippen LogP contribution is 2.26. The normalized spacial score (nSPS) is 10.8. The van der Waals surface area contributed by atoms with E-state index in [1.807, 2.05) is 0 Å². The number of para-hydroxylation sites is 1. The monoisotopic (exact) mass is 261 g/mol. The van der Waals surface area contributed by atoms with Gasteiger partial charge in [0.15, 0.2) is 5.58 Å². The molecule has 0 fully saturated rings. The number of oxazole rings is 1. The predicted molar refractivity (Wildman–Crippen MR) is 68.1 cm³/mol. The van der Waals surface area contributed by atoms with Gasteiger partial charge in [0, 0.05) is 5.69 Å². The summed E-state index contributed by atoms with van der Waals surface area (Å²) < 4.78 is 32.3. The maximum Gasteiger partial charge on any atom is 0.300 e. The van der Waals surface area contributed by atoms with Crippen molar-refractivity contribution in [3.05, 3.63) is 48.0 Å². The third-order valence-corrected chi connectivity index (χ3v) is 2.61. The second kappa shape index (κ2) is 4.24. The van der Waals surface area contributed by atoms with Crippen molar-refractivity contribution >= 4 is 28.5 Å². The second-order valence-corrected chi connectivity index (χ2v) is 3.97. The van der Waals surface area contributed by atoms with Gasteiger partial charge in [-0.1, -0.05) is 6.07 Å². The number of hydrogen-bond acceptors (Lipinski definition) is 4. The molecule has 0 saturated carbocycles. The van der Waals surface area contributed by atoms with Gasteiger partial charge in [-0.05, 0) is 30.3 Å². The van der Waals surface area contributed by atoms with Crippen molar-refractivity contribution in [1.29, 1.82) is 0 Å². The average molecular weight is 261 g/mol. The van der Waals surface area contributed by atoms with Gasteiger partial charge in [-0.25, -0.2) is 8.78 Å². The summed E-state index contributed by atoms with van der Waals surface area (Å²) in [6, 6.07) is 8.48. The van der Waals surface area contributed by atoms with Crippen LogP contribution in [0.1, 0.15) is 0 Å². The van der Waals surface area contributed by atoms with Crippen LogP contribution in [0.4, 0.5) is 26.2 Å². The number of hydrogen-bond donors (Lipinski definition) is 2. The lowest BCUT2D eigenvalue weighted by Gasteiger charge is -2.03. The van der Waals surface area contributed by atoms with E-state index in [4.69, 9.17) is 10.2 Å². The molecule has 0 aliphatic rings. The summed E-state index contributed by atoms with van der Waals surface area (Å²) in [5, 5.41) is 2.48. The minimum absolute atomic E-state index is 0.00426. The van der Waals surface area contributed by atoms with E-state index in [0.717, 1.165) is 12.1 Å². The number of fused-ring (bicyclic) bond motifs is 1. The Kier molecular flexibility index (Phi) is 2.56. The van der Waals surface area contributed by atoms with Gasteiger partial charge in [-0.3, -0.25) is 0 Å². The standard InChI is InChI=1S/C13H9F2N3O/c14-8-2-1-3-9(15)12(8)18-13-17-10-6-7(16)4-5-11(10)19-13/h1-6H,16H2,(H,17,18). The Labute approximate surface area is 106 Å². The number of nitrogens with two attached hydrogens (primary N) is 1. The van der Waals surface area contributed by atoms with Crippen LogP contribution in [-0.4, -0.2) is 4.98 Å². The van der Waals surface area contributed by atoms with Gasteiger partial charge < -0.3 is 15.5 Å². The van der Waals surface area contributed by atoms with E-state index in [0.29, 0.717) is 16.8 Å². The maximum atomic E-state index is 13.5. The molecule has 0 radical (unpaired) electrons. The molecular weight excluding hydrogens is 252 g/mol. The third-order valence-electron chi connectivity index (χ3n) is 2.61. The minimum Gasteiger partial charge on any atom is -0.423 e. The van der Waals surface area contributed by atoms with Crippen molar-refractivity contribution in [2.24, 2.45) is 0 Å². The highest BCUT2D eigenvalue weighted by molar-refractivity contribution is 5.78. The van der Waals surface area contributed by atoms with Gasteiger partial charge in [0.05, 0.1) is 0 Å². The van der Waals surface area contributed by atoms with E-state index in [9.17, 15) is 8.78 Å². The summed E-state index contributed by atoms with van der Waals surface area (Å²) in [6.07, 6.45) is 0. The Morgan fingerprint density at radius 3 is 2.58 bits per heavy atom. The number of benzene rings is 2.